The van der Waals surface area contributed by atoms with Gasteiger partial charge in [-0.1, -0.05) is 52.4 Å². The second-order valence-corrected chi connectivity index (χ2v) is 5.18. The van der Waals surface area contributed by atoms with Crippen LogP contribution in [0.4, 0.5) is 0 Å². The number of unbranched alkanes of at least 4 members (excludes halogenated alkanes) is 6. The van der Waals surface area contributed by atoms with Crippen molar-refractivity contribution in [3.8, 4) is 0 Å². The largest absolute Gasteiger partial charge is 0.294 e. The smallest absolute Gasteiger partial charge is 0.163 e. The molecule has 0 atom stereocenters. The summed E-state index contributed by atoms with van der Waals surface area (Å²) in [6, 6.07) is 1.86. The minimum atomic E-state index is 0.285. The Morgan fingerprint density at radius 1 is 1.05 bits per heavy atom. The number of aromatic nitrogens is 1. The van der Waals surface area contributed by atoms with Crippen molar-refractivity contribution in [3.63, 3.8) is 0 Å². The van der Waals surface area contributed by atoms with Crippen molar-refractivity contribution in [1.29, 1.82) is 0 Å². The van der Waals surface area contributed by atoms with Gasteiger partial charge in [-0.05, 0) is 24.5 Å². The van der Waals surface area contributed by atoms with Crippen molar-refractivity contribution in [2.75, 3.05) is 0 Å². The average molecular weight is 261 g/mol. The lowest BCUT2D eigenvalue weighted by Crippen LogP contribution is -2.03. The zero-order valence-electron chi connectivity index (χ0n) is 12.5. The highest BCUT2D eigenvalue weighted by molar-refractivity contribution is 5.97. The van der Waals surface area contributed by atoms with E-state index in [1.807, 2.05) is 12.3 Å². The number of aryl methyl sites for hydroxylation is 1. The molecule has 0 radical (unpaired) electrons. The third-order valence-corrected chi connectivity index (χ3v) is 3.59. The van der Waals surface area contributed by atoms with E-state index in [9.17, 15) is 4.79 Å². The molecule has 0 saturated carbocycles. The highest BCUT2D eigenvalue weighted by atomic mass is 16.1. The van der Waals surface area contributed by atoms with Gasteiger partial charge in [0.1, 0.15) is 0 Å². The molecule has 0 saturated heterocycles. The first-order valence-electron chi connectivity index (χ1n) is 7.75. The quantitative estimate of drug-likeness (QED) is 0.440. The van der Waals surface area contributed by atoms with Gasteiger partial charge in [0.25, 0.3) is 0 Å². The van der Waals surface area contributed by atoms with Gasteiger partial charge in [-0.15, -0.1) is 0 Å². The molecule has 1 heterocycles. The van der Waals surface area contributed by atoms with Crippen LogP contribution in [0.5, 0.6) is 0 Å². The Kier molecular flexibility index (Phi) is 8.11. The monoisotopic (exact) mass is 261 g/mol. The minimum Gasteiger partial charge on any atom is -0.294 e. The summed E-state index contributed by atoms with van der Waals surface area (Å²) in [6.07, 6.45) is 13.9. The topological polar surface area (TPSA) is 30.0 Å². The number of hydrogen-bond donors (Lipinski definition) is 0. The molecule has 0 amide bonds. The molecular weight excluding hydrogens is 234 g/mol. The third kappa shape index (κ3) is 6.00. The molecule has 2 nitrogen and oxygen atoms in total. The number of Topliss-reactive ketones (excluding diaryl/α,β-unsaturated/α-hetero) is 1. The van der Waals surface area contributed by atoms with Crippen molar-refractivity contribution >= 4 is 5.78 Å². The van der Waals surface area contributed by atoms with Crippen LogP contribution < -0.4 is 0 Å². The summed E-state index contributed by atoms with van der Waals surface area (Å²) in [5.74, 6) is 0.285. The SMILES string of the molecule is CCCCCCCCCC(=O)c1ccncc1CC. The standard InChI is InChI=1S/C17H27NO/c1-3-5-6-7-8-9-10-11-17(19)16-12-13-18-14-15(16)4-2/h12-14H,3-11H2,1-2H3. The van der Waals surface area contributed by atoms with Crippen LogP contribution in [-0.2, 0) is 6.42 Å². The Bertz CT molecular complexity index is 373. The van der Waals surface area contributed by atoms with Gasteiger partial charge < -0.3 is 0 Å². The predicted octanol–water partition coefficient (Wildman–Crippen LogP) is 4.97. The van der Waals surface area contributed by atoms with Gasteiger partial charge in [0.05, 0.1) is 0 Å². The van der Waals surface area contributed by atoms with Crippen molar-refractivity contribution in [3.05, 3.63) is 29.6 Å². The van der Waals surface area contributed by atoms with Gasteiger partial charge in [0.15, 0.2) is 5.78 Å². The Labute approximate surface area is 117 Å². The summed E-state index contributed by atoms with van der Waals surface area (Å²) >= 11 is 0. The van der Waals surface area contributed by atoms with Crippen LogP contribution in [-0.4, -0.2) is 10.8 Å². The van der Waals surface area contributed by atoms with Gasteiger partial charge in [-0.3, -0.25) is 9.78 Å². The number of carbonyl (C=O) groups is 1. The fourth-order valence-corrected chi connectivity index (χ4v) is 2.36. The van der Waals surface area contributed by atoms with E-state index >= 15 is 0 Å². The molecule has 0 unspecified atom stereocenters. The van der Waals surface area contributed by atoms with Crippen LogP contribution in [0.3, 0.4) is 0 Å². The fourth-order valence-electron chi connectivity index (χ4n) is 2.36. The molecule has 0 bridgehead atoms. The lowest BCUT2D eigenvalue weighted by Gasteiger charge is -2.06. The molecule has 0 spiro atoms. The summed E-state index contributed by atoms with van der Waals surface area (Å²) in [5, 5.41) is 0. The first-order chi connectivity index (χ1) is 9.29. The van der Waals surface area contributed by atoms with Crippen LogP contribution in [0.15, 0.2) is 18.5 Å². The molecule has 1 rings (SSSR count). The third-order valence-electron chi connectivity index (χ3n) is 3.59. The first-order valence-corrected chi connectivity index (χ1v) is 7.75. The molecule has 0 N–H and O–H groups in total. The van der Waals surface area contributed by atoms with Gasteiger partial charge in [-0.25, -0.2) is 0 Å². The maximum Gasteiger partial charge on any atom is 0.163 e. The summed E-state index contributed by atoms with van der Waals surface area (Å²) in [5.41, 5.74) is 1.96. The number of pyridine rings is 1. The normalized spacial score (nSPS) is 10.6. The van der Waals surface area contributed by atoms with E-state index in [0.29, 0.717) is 6.42 Å². The predicted molar refractivity (Wildman–Crippen MR) is 80.6 cm³/mol. The zero-order valence-corrected chi connectivity index (χ0v) is 12.5. The van der Waals surface area contributed by atoms with Crippen molar-refractivity contribution < 1.29 is 4.79 Å². The van der Waals surface area contributed by atoms with E-state index in [0.717, 1.165) is 24.0 Å². The molecule has 0 aliphatic rings. The highest BCUT2D eigenvalue weighted by Gasteiger charge is 2.09. The fraction of sp³-hybridized carbons (Fsp3) is 0.647. The molecule has 106 valence electrons. The van der Waals surface area contributed by atoms with Gasteiger partial charge >= 0.3 is 0 Å². The van der Waals surface area contributed by atoms with E-state index in [1.54, 1.807) is 6.20 Å². The lowest BCUT2D eigenvalue weighted by atomic mass is 9.99. The van der Waals surface area contributed by atoms with Gasteiger partial charge in [-0.2, -0.15) is 0 Å². The van der Waals surface area contributed by atoms with Crippen molar-refractivity contribution in [2.24, 2.45) is 0 Å². The Balaban J connectivity index is 2.24. The van der Waals surface area contributed by atoms with E-state index in [1.165, 1.54) is 38.5 Å². The average Bonchev–Trinajstić information content (AvgIpc) is 2.46. The molecule has 1 aromatic heterocycles. The van der Waals surface area contributed by atoms with Crippen LogP contribution in [0, 0.1) is 0 Å². The van der Waals surface area contributed by atoms with Gasteiger partial charge in [0, 0.05) is 24.4 Å². The molecule has 2 heteroatoms. The number of hydrogen-bond acceptors (Lipinski definition) is 2. The molecule has 0 aliphatic carbocycles. The van der Waals surface area contributed by atoms with E-state index < -0.39 is 0 Å². The number of nitrogens with zero attached hydrogens (tertiary/aromatic N) is 1. The molecule has 19 heavy (non-hydrogen) atoms. The summed E-state index contributed by atoms with van der Waals surface area (Å²) in [7, 11) is 0. The van der Waals surface area contributed by atoms with E-state index in [4.69, 9.17) is 0 Å². The molecule has 0 aromatic carbocycles. The van der Waals surface area contributed by atoms with Gasteiger partial charge in [0.2, 0.25) is 0 Å². The molecule has 0 aliphatic heterocycles. The number of rotatable bonds is 10. The Hall–Kier alpha value is -1.18. The molecule has 0 fully saturated rings. The van der Waals surface area contributed by atoms with Crippen molar-refractivity contribution in [1.82, 2.24) is 4.98 Å². The maximum atomic E-state index is 12.1. The maximum absolute atomic E-state index is 12.1. The summed E-state index contributed by atoms with van der Waals surface area (Å²) in [6.45, 7) is 4.31. The van der Waals surface area contributed by atoms with Crippen LogP contribution in [0.2, 0.25) is 0 Å². The first kappa shape index (κ1) is 15.9. The van der Waals surface area contributed by atoms with Crippen molar-refractivity contribution in [2.45, 2.75) is 71.6 Å². The van der Waals surface area contributed by atoms with Crippen LogP contribution >= 0.6 is 0 Å². The Morgan fingerprint density at radius 2 is 1.74 bits per heavy atom. The summed E-state index contributed by atoms with van der Waals surface area (Å²) < 4.78 is 0. The van der Waals surface area contributed by atoms with Crippen LogP contribution in [0.25, 0.3) is 0 Å². The second kappa shape index (κ2) is 9.71. The van der Waals surface area contributed by atoms with E-state index in [2.05, 4.69) is 18.8 Å². The van der Waals surface area contributed by atoms with E-state index in [-0.39, 0.29) is 5.78 Å². The lowest BCUT2D eigenvalue weighted by molar-refractivity contribution is 0.0978. The second-order valence-electron chi connectivity index (χ2n) is 5.18. The van der Waals surface area contributed by atoms with Crippen LogP contribution in [0.1, 0.15) is 81.1 Å². The zero-order chi connectivity index (χ0) is 13.9. The Morgan fingerprint density at radius 3 is 2.42 bits per heavy atom. The number of ketones is 1. The molecular formula is C17H27NO. The highest BCUT2D eigenvalue weighted by Crippen LogP contribution is 2.14. The molecule has 1 aromatic rings. The number of carbonyl (C=O) groups excluding carboxylic acids is 1. The summed E-state index contributed by atoms with van der Waals surface area (Å²) in [4.78, 5) is 16.2. The minimum absolute atomic E-state index is 0.285.